The highest BCUT2D eigenvalue weighted by Crippen LogP contribution is 2.69. The second-order valence-corrected chi connectivity index (χ2v) is 10.7. The predicted octanol–water partition coefficient (Wildman–Crippen LogP) is 5.42. The average molecular weight is 494 g/mol. The number of nitrogens with zero attached hydrogens (tertiary/aromatic N) is 1. The molecular formula is C32H31NO4. The minimum absolute atomic E-state index is 0.118. The highest BCUT2D eigenvalue weighted by atomic mass is 16.5. The van der Waals surface area contributed by atoms with Crippen LogP contribution < -0.4 is 4.74 Å². The maximum Gasteiger partial charge on any atom is 0.312 e. The molecule has 1 saturated carbocycles. The zero-order chi connectivity index (χ0) is 25.8. The van der Waals surface area contributed by atoms with E-state index in [1.54, 1.807) is 24.2 Å². The van der Waals surface area contributed by atoms with Crippen molar-refractivity contribution in [2.24, 2.45) is 11.3 Å². The molecule has 3 aliphatic carbocycles. The van der Waals surface area contributed by atoms with Crippen molar-refractivity contribution >= 4 is 18.0 Å². The second-order valence-electron chi connectivity index (χ2n) is 10.7. The molecule has 4 atom stereocenters. The maximum atomic E-state index is 13.5. The molecule has 3 aromatic carbocycles. The fourth-order valence-corrected chi connectivity index (χ4v) is 7.73. The molecule has 37 heavy (non-hydrogen) atoms. The van der Waals surface area contributed by atoms with E-state index in [-0.39, 0.29) is 24.3 Å². The van der Waals surface area contributed by atoms with Gasteiger partial charge in [-0.3, -0.25) is 9.59 Å². The van der Waals surface area contributed by atoms with Crippen LogP contribution in [0.15, 0.2) is 78.9 Å². The van der Waals surface area contributed by atoms with Crippen LogP contribution in [0, 0.1) is 18.3 Å². The minimum Gasteiger partial charge on any atom is -0.496 e. The highest BCUT2D eigenvalue weighted by molar-refractivity contribution is 5.93. The van der Waals surface area contributed by atoms with E-state index in [1.165, 1.54) is 11.1 Å². The lowest BCUT2D eigenvalue weighted by molar-refractivity contribution is -0.157. The lowest BCUT2D eigenvalue weighted by Crippen LogP contribution is -2.60. The summed E-state index contributed by atoms with van der Waals surface area (Å²) in [7, 11) is 1.61. The van der Waals surface area contributed by atoms with Crippen LogP contribution in [0.2, 0.25) is 0 Å². The Morgan fingerprint density at radius 2 is 1.70 bits per heavy atom. The lowest BCUT2D eigenvalue weighted by Gasteiger charge is -2.59. The summed E-state index contributed by atoms with van der Waals surface area (Å²) in [5.41, 5.74) is 4.06. The molecule has 2 fully saturated rings. The Hall–Kier alpha value is -3.86. The molecule has 0 aromatic heterocycles. The van der Waals surface area contributed by atoms with Crippen LogP contribution in [-0.2, 0) is 15.0 Å². The summed E-state index contributed by atoms with van der Waals surface area (Å²) in [6.45, 7) is 2.75. The van der Waals surface area contributed by atoms with Gasteiger partial charge in [0, 0.05) is 42.0 Å². The number of aryl methyl sites for hydroxylation is 1. The predicted molar refractivity (Wildman–Crippen MR) is 143 cm³/mol. The van der Waals surface area contributed by atoms with E-state index < -0.39 is 16.8 Å². The summed E-state index contributed by atoms with van der Waals surface area (Å²) in [5.74, 6) is -0.595. The maximum absolute atomic E-state index is 13.5. The quantitative estimate of drug-likeness (QED) is 0.482. The zero-order valence-corrected chi connectivity index (χ0v) is 21.2. The number of ether oxygens (including phenoxy) is 1. The van der Waals surface area contributed by atoms with Crippen LogP contribution in [0.5, 0.6) is 5.75 Å². The van der Waals surface area contributed by atoms with Crippen molar-refractivity contribution in [1.29, 1.82) is 0 Å². The van der Waals surface area contributed by atoms with Gasteiger partial charge in [0.15, 0.2) is 0 Å². The van der Waals surface area contributed by atoms with Gasteiger partial charge < -0.3 is 14.7 Å². The Labute approximate surface area is 217 Å². The summed E-state index contributed by atoms with van der Waals surface area (Å²) in [6.07, 6.45) is 5.00. The molecule has 0 unspecified atom stereocenters. The first-order valence-corrected chi connectivity index (χ1v) is 12.9. The van der Waals surface area contributed by atoms with Crippen molar-refractivity contribution in [3.05, 3.63) is 107 Å². The van der Waals surface area contributed by atoms with E-state index in [0.29, 0.717) is 12.3 Å². The van der Waals surface area contributed by atoms with Crippen LogP contribution in [0.25, 0.3) is 6.08 Å². The third-order valence-electron chi connectivity index (χ3n) is 9.22. The van der Waals surface area contributed by atoms with Crippen LogP contribution >= 0.6 is 0 Å². The number of carbonyl (C=O) groups excluding carboxylic acids is 1. The Bertz CT molecular complexity index is 1430. The molecule has 0 radical (unpaired) electrons. The third kappa shape index (κ3) is 3.23. The van der Waals surface area contributed by atoms with Gasteiger partial charge in [0.25, 0.3) is 0 Å². The number of amides is 1. The van der Waals surface area contributed by atoms with E-state index in [2.05, 4.69) is 43.3 Å². The Morgan fingerprint density at radius 1 is 1.00 bits per heavy atom. The summed E-state index contributed by atoms with van der Waals surface area (Å²) < 4.78 is 5.42. The molecule has 5 nitrogen and oxygen atoms in total. The SMILES string of the molecule is COc1ccccc1/C=C/C(=O)N1C[C@H]2[C@]3(c4ccccc4C)CC[C@@H](c4ccccc43)[C@@]2(C(=O)O)C1. The zero-order valence-electron chi connectivity index (χ0n) is 21.2. The first kappa shape index (κ1) is 23.5. The van der Waals surface area contributed by atoms with Crippen molar-refractivity contribution < 1.29 is 19.4 Å². The number of carboxylic acids is 1. The van der Waals surface area contributed by atoms with Crippen LogP contribution in [-0.4, -0.2) is 42.1 Å². The Kier molecular flexibility index (Phi) is 5.48. The van der Waals surface area contributed by atoms with Gasteiger partial charge in [0.2, 0.25) is 5.91 Å². The van der Waals surface area contributed by atoms with E-state index in [1.807, 2.05) is 36.4 Å². The Morgan fingerprint density at radius 3 is 2.46 bits per heavy atom. The fourth-order valence-electron chi connectivity index (χ4n) is 7.73. The van der Waals surface area contributed by atoms with Gasteiger partial charge >= 0.3 is 5.97 Å². The van der Waals surface area contributed by atoms with Crippen molar-refractivity contribution in [2.75, 3.05) is 20.2 Å². The second kappa shape index (κ2) is 8.62. The number of hydrogen-bond donors (Lipinski definition) is 1. The van der Waals surface area contributed by atoms with E-state index >= 15 is 0 Å². The number of methoxy groups -OCH3 is 1. The summed E-state index contributed by atoms with van der Waals surface area (Å²) in [4.78, 5) is 28.6. The van der Waals surface area contributed by atoms with Gasteiger partial charge in [-0.25, -0.2) is 0 Å². The van der Waals surface area contributed by atoms with Crippen molar-refractivity contribution in [3.8, 4) is 5.75 Å². The number of para-hydroxylation sites is 1. The fraction of sp³-hybridized carbons (Fsp3) is 0.312. The van der Waals surface area contributed by atoms with Crippen LogP contribution in [0.4, 0.5) is 0 Å². The number of benzene rings is 3. The largest absolute Gasteiger partial charge is 0.496 e. The molecule has 1 saturated heterocycles. The standard InChI is InChI=1S/C32H31NO4/c1-21-9-3-6-12-24(21)31-18-17-26(23-11-5-7-13-25(23)31)32(30(35)36)20-33(19-28(31)32)29(34)16-15-22-10-4-8-14-27(22)37-2/h3-16,26,28H,17-20H2,1-2H3,(H,35,36)/b16-15+/t26-,28-,31-,32-/m0/s1. The molecule has 7 rings (SSSR count). The monoisotopic (exact) mass is 493 g/mol. The highest BCUT2D eigenvalue weighted by Gasteiger charge is 2.70. The number of rotatable bonds is 5. The number of carboxylic acid groups (broad SMARTS) is 1. The summed E-state index contributed by atoms with van der Waals surface area (Å²) in [6, 6.07) is 24.3. The van der Waals surface area contributed by atoms with E-state index in [9.17, 15) is 14.7 Å². The molecule has 1 amide bonds. The van der Waals surface area contributed by atoms with Crippen LogP contribution in [0.1, 0.15) is 46.6 Å². The van der Waals surface area contributed by atoms with Crippen LogP contribution in [0.3, 0.4) is 0 Å². The summed E-state index contributed by atoms with van der Waals surface area (Å²) >= 11 is 0. The number of hydrogen-bond acceptors (Lipinski definition) is 3. The minimum atomic E-state index is -1.02. The number of fused-ring (bicyclic) bond motifs is 1. The average Bonchev–Trinajstić information content (AvgIpc) is 3.37. The molecular weight excluding hydrogens is 462 g/mol. The number of carbonyl (C=O) groups is 2. The van der Waals surface area contributed by atoms with E-state index in [4.69, 9.17) is 4.74 Å². The van der Waals surface area contributed by atoms with Gasteiger partial charge in [-0.2, -0.15) is 0 Å². The van der Waals surface area contributed by atoms with E-state index in [0.717, 1.165) is 29.5 Å². The van der Waals surface area contributed by atoms with Crippen molar-refractivity contribution in [1.82, 2.24) is 4.90 Å². The number of likely N-dealkylation sites (tertiary alicyclic amines) is 1. The van der Waals surface area contributed by atoms with Gasteiger partial charge in [0.1, 0.15) is 5.75 Å². The van der Waals surface area contributed by atoms with Crippen molar-refractivity contribution in [3.63, 3.8) is 0 Å². The Balaban J connectivity index is 1.46. The molecule has 1 aliphatic heterocycles. The smallest absolute Gasteiger partial charge is 0.312 e. The number of aliphatic carboxylic acids is 1. The first-order valence-electron chi connectivity index (χ1n) is 12.9. The molecule has 2 bridgehead atoms. The molecule has 4 aliphatic rings. The van der Waals surface area contributed by atoms with Crippen molar-refractivity contribution in [2.45, 2.75) is 31.1 Å². The first-order chi connectivity index (χ1) is 17.9. The molecule has 0 spiro atoms. The molecule has 1 N–H and O–H groups in total. The molecule has 1 heterocycles. The third-order valence-corrected chi connectivity index (χ3v) is 9.22. The van der Waals surface area contributed by atoms with Gasteiger partial charge in [-0.1, -0.05) is 66.7 Å². The topological polar surface area (TPSA) is 66.8 Å². The summed E-state index contributed by atoms with van der Waals surface area (Å²) in [5, 5.41) is 10.9. The van der Waals surface area contributed by atoms with Gasteiger partial charge in [-0.15, -0.1) is 0 Å². The molecule has 3 aromatic rings. The van der Waals surface area contributed by atoms with Gasteiger partial charge in [0.05, 0.1) is 12.5 Å². The molecule has 5 heteroatoms. The van der Waals surface area contributed by atoms with Gasteiger partial charge in [-0.05, 0) is 54.2 Å². The normalized spacial score (nSPS) is 27.7. The lowest BCUT2D eigenvalue weighted by atomic mass is 9.42. The molecule has 188 valence electrons.